The average Bonchev–Trinajstić information content (AvgIpc) is 2.49. The molecule has 0 aromatic heterocycles. The summed E-state index contributed by atoms with van der Waals surface area (Å²) in [6, 6.07) is 0.654. The van der Waals surface area contributed by atoms with Crippen LogP contribution in [0.1, 0.15) is 38.5 Å². The van der Waals surface area contributed by atoms with Crippen LogP contribution in [0.2, 0.25) is 0 Å². The minimum absolute atomic E-state index is 0.00352. The van der Waals surface area contributed by atoms with E-state index in [1.807, 2.05) is 0 Å². The maximum atomic E-state index is 13.3. The molecule has 0 atom stereocenters. The molecule has 0 spiro atoms. The van der Waals surface area contributed by atoms with Crippen molar-refractivity contribution in [2.75, 3.05) is 13.2 Å². The van der Waals surface area contributed by atoms with Crippen molar-refractivity contribution in [1.82, 2.24) is 5.32 Å². The number of rotatable bonds is 6. The molecule has 1 N–H and O–H groups in total. The Morgan fingerprint density at radius 1 is 1.00 bits per heavy atom. The van der Waals surface area contributed by atoms with Crippen molar-refractivity contribution < 1.29 is 22.3 Å². The molecule has 1 aromatic rings. The van der Waals surface area contributed by atoms with Gasteiger partial charge in [0.25, 0.3) is 0 Å². The third-order valence-corrected chi connectivity index (χ3v) is 3.68. The Hall–Kier alpha value is -1.30. The molecule has 1 saturated carbocycles. The molecule has 0 saturated heterocycles. The molecule has 0 amide bonds. The van der Waals surface area contributed by atoms with Gasteiger partial charge in [0.15, 0.2) is 17.4 Å². The molecular formula is C15H19F4NO. The minimum atomic E-state index is -1.49. The van der Waals surface area contributed by atoms with E-state index in [0.717, 1.165) is 12.8 Å². The minimum Gasteiger partial charge on any atom is -0.487 e. The molecule has 0 heterocycles. The van der Waals surface area contributed by atoms with Crippen molar-refractivity contribution in [2.24, 2.45) is 0 Å². The number of benzene rings is 1. The smallest absolute Gasteiger partial charge is 0.203 e. The molecule has 0 unspecified atom stereocenters. The molecular weight excluding hydrogens is 286 g/mol. The van der Waals surface area contributed by atoms with E-state index in [4.69, 9.17) is 4.74 Å². The molecule has 0 radical (unpaired) electrons. The van der Waals surface area contributed by atoms with Gasteiger partial charge in [0.05, 0.1) is 6.61 Å². The molecule has 1 aliphatic rings. The van der Waals surface area contributed by atoms with Crippen LogP contribution in [0.3, 0.4) is 0 Å². The second-order valence-corrected chi connectivity index (χ2v) is 5.29. The van der Waals surface area contributed by atoms with Gasteiger partial charge in [-0.1, -0.05) is 19.3 Å². The second kappa shape index (κ2) is 7.64. The Labute approximate surface area is 121 Å². The van der Waals surface area contributed by atoms with E-state index in [1.165, 1.54) is 19.3 Å². The lowest BCUT2D eigenvalue weighted by Crippen LogP contribution is -2.32. The number of nitrogens with one attached hydrogen (secondary N) is 1. The van der Waals surface area contributed by atoms with Gasteiger partial charge < -0.3 is 10.1 Å². The fraction of sp³-hybridized carbons (Fsp3) is 0.600. The van der Waals surface area contributed by atoms with Crippen LogP contribution in [0.5, 0.6) is 5.75 Å². The lowest BCUT2D eigenvalue weighted by Gasteiger charge is -2.22. The fourth-order valence-corrected chi connectivity index (χ4v) is 2.54. The summed E-state index contributed by atoms with van der Waals surface area (Å²) in [5, 5.41) is 3.34. The normalized spacial score (nSPS) is 16.2. The van der Waals surface area contributed by atoms with Gasteiger partial charge in [0, 0.05) is 12.1 Å². The lowest BCUT2D eigenvalue weighted by molar-refractivity contribution is 0.261. The van der Waals surface area contributed by atoms with Gasteiger partial charge in [0.1, 0.15) is 0 Å². The van der Waals surface area contributed by atoms with Crippen molar-refractivity contribution in [1.29, 1.82) is 0 Å². The lowest BCUT2D eigenvalue weighted by atomic mass is 9.95. The Morgan fingerprint density at radius 2 is 1.62 bits per heavy atom. The van der Waals surface area contributed by atoms with E-state index < -0.39 is 29.0 Å². The third-order valence-electron chi connectivity index (χ3n) is 3.68. The van der Waals surface area contributed by atoms with E-state index in [1.54, 1.807) is 0 Å². The first kappa shape index (κ1) is 16.1. The monoisotopic (exact) mass is 305 g/mol. The largest absolute Gasteiger partial charge is 0.487 e. The van der Waals surface area contributed by atoms with E-state index in [2.05, 4.69) is 5.32 Å². The number of halogens is 4. The Bertz CT molecular complexity index is 449. The van der Waals surface area contributed by atoms with Crippen molar-refractivity contribution in [2.45, 2.75) is 44.6 Å². The summed E-state index contributed by atoms with van der Waals surface area (Å²) in [5.41, 5.74) is 0. The van der Waals surface area contributed by atoms with E-state index in [-0.39, 0.29) is 12.7 Å². The van der Waals surface area contributed by atoms with Crippen LogP contribution in [0.15, 0.2) is 6.07 Å². The molecule has 2 rings (SSSR count). The van der Waals surface area contributed by atoms with E-state index >= 15 is 0 Å². The summed E-state index contributed by atoms with van der Waals surface area (Å²) in [7, 11) is 0. The van der Waals surface area contributed by atoms with E-state index in [9.17, 15) is 17.6 Å². The summed E-state index contributed by atoms with van der Waals surface area (Å²) >= 11 is 0. The summed E-state index contributed by atoms with van der Waals surface area (Å²) < 4.78 is 57.4. The molecule has 21 heavy (non-hydrogen) atoms. The van der Waals surface area contributed by atoms with Gasteiger partial charge in [0.2, 0.25) is 11.6 Å². The van der Waals surface area contributed by atoms with Crippen LogP contribution >= 0.6 is 0 Å². The molecule has 0 aliphatic heterocycles. The van der Waals surface area contributed by atoms with Crippen LogP contribution in [0, 0.1) is 23.3 Å². The topological polar surface area (TPSA) is 21.3 Å². The van der Waals surface area contributed by atoms with Gasteiger partial charge in [-0.25, -0.2) is 8.78 Å². The first-order chi connectivity index (χ1) is 10.1. The van der Waals surface area contributed by atoms with Gasteiger partial charge >= 0.3 is 0 Å². The second-order valence-electron chi connectivity index (χ2n) is 5.29. The van der Waals surface area contributed by atoms with Crippen LogP contribution in [0.25, 0.3) is 0 Å². The standard InChI is InChI=1S/C15H19F4NO/c16-11-9-12(17)14(19)15(13(11)18)21-8-4-7-20-10-5-2-1-3-6-10/h9-10,20H,1-8H2. The van der Waals surface area contributed by atoms with Crippen LogP contribution < -0.4 is 10.1 Å². The van der Waals surface area contributed by atoms with Gasteiger partial charge in [-0.05, 0) is 25.8 Å². The van der Waals surface area contributed by atoms with Crippen molar-refractivity contribution in [3.05, 3.63) is 29.3 Å². The maximum absolute atomic E-state index is 13.3. The third kappa shape index (κ3) is 4.33. The fourth-order valence-electron chi connectivity index (χ4n) is 2.54. The van der Waals surface area contributed by atoms with Crippen LogP contribution in [-0.2, 0) is 0 Å². The predicted molar refractivity (Wildman–Crippen MR) is 71.3 cm³/mol. The Balaban J connectivity index is 1.76. The zero-order valence-corrected chi connectivity index (χ0v) is 11.7. The zero-order valence-electron chi connectivity index (χ0n) is 11.7. The highest BCUT2D eigenvalue weighted by Crippen LogP contribution is 2.26. The van der Waals surface area contributed by atoms with Gasteiger partial charge in [-0.2, -0.15) is 8.78 Å². The molecule has 118 valence electrons. The quantitative estimate of drug-likeness (QED) is 0.488. The number of hydrogen-bond donors (Lipinski definition) is 1. The molecule has 1 aliphatic carbocycles. The van der Waals surface area contributed by atoms with Crippen molar-refractivity contribution in [3.63, 3.8) is 0 Å². The van der Waals surface area contributed by atoms with E-state index in [0.29, 0.717) is 19.0 Å². The highest BCUT2D eigenvalue weighted by atomic mass is 19.2. The summed E-state index contributed by atoms with van der Waals surface area (Å²) in [4.78, 5) is 0. The van der Waals surface area contributed by atoms with Crippen molar-refractivity contribution >= 4 is 0 Å². The SMILES string of the molecule is Fc1cc(F)c(F)c(OCCCNC2CCCCC2)c1F. The summed E-state index contributed by atoms with van der Waals surface area (Å²) in [6.07, 6.45) is 6.48. The highest BCUT2D eigenvalue weighted by molar-refractivity contribution is 5.28. The Kier molecular flexibility index (Phi) is 5.85. The molecule has 0 bridgehead atoms. The molecule has 1 fully saturated rings. The summed E-state index contributed by atoms with van der Waals surface area (Å²) in [5.74, 6) is -6.87. The summed E-state index contributed by atoms with van der Waals surface area (Å²) in [6.45, 7) is 0.641. The van der Waals surface area contributed by atoms with Gasteiger partial charge in [-0.3, -0.25) is 0 Å². The van der Waals surface area contributed by atoms with Crippen molar-refractivity contribution in [3.8, 4) is 5.75 Å². The zero-order chi connectivity index (χ0) is 15.2. The number of ether oxygens (including phenoxy) is 1. The Morgan fingerprint density at radius 3 is 2.24 bits per heavy atom. The predicted octanol–water partition coefficient (Wildman–Crippen LogP) is 3.93. The highest BCUT2D eigenvalue weighted by Gasteiger charge is 2.20. The molecule has 1 aromatic carbocycles. The van der Waals surface area contributed by atoms with Crippen LogP contribution in [0.4, 0.5) is 17.6 Å². The van der Waals surface area contributed by atoms with Crippen LogP contribution in [-0.4, -0.2) is 19.2 Å². The first-order valence-electron chi connectivity index (χ1n) is 7.28. The number of hydrogen-bond acceptors (Lipinski definition) is 2. The molecule has 6 heteroatoms. The van der Waals surface area contributed by atoms with Gasteiger partial charge in [-0.15, -0.1) is 0 Å². The molecule has 2 nitrogen and oxygen atoms in total. The maximum Gasteiger partial charge on any atom is 0.203 e. The average molecular weight is 305 g/mol. The first-order valence-corrected chi connectivity index (χ1v) is 7.28.